The van der Waals surface area contributed by atoms with Gasteiger partial charge in [-0.25, -0.2) is 0 Å². The Bertz CT molecular complexity index is 571. The van der Waals surface area contributed by atoms with Crippen molar-refractivity contribution in [1.29, 1.82) is 0 Å². The normalized spacial score (nSPS) is 10.1. The summed E-state index contributed by atoms with van der Waals surface area (Å²) in [5.41, 5.74) is 8.91. The zero-order valence-corrected chi connectivity index (χ0v) is 9.40. The summed E-state index contributed by atoms with van der Waals surface area (Å²) >= 11 is 0. The van der Waals surface area contributed by atoms with Gasteiger partial charge in [-0.3, -0.25) is 0 Å². The summed E-state index contributed by atoms with van der Waals surface area (Å²) in [6.07, 6.45) is 0. The molecule has 80 valence electrons. The zero-order chi connectivity index (χ0) is 11.5. The maximum atomic E-state index is 5.67. The average molecular weight is 209 g/mol. The third kappa shape index (κ3) is 2.14. The van der Waals surface area contributed by atoms with Gasteiger partial charge in [0.25, 0.3) is 0 Å². The molecular formula is C15H15N. The first-order valence-electron chi connectivity index (χ1n) is 5.28. The Balaban J connectivity index is 2.56. The smallest absolute Gasteiger partial charge is 0.0314 e. The first kappa shape index (κ1) is 10.5. The van der Waals surface area contributed by atoms with Crippen LogP contribution in [-0.2, 0) is 0 Å². The van der Waals surface area contributed by atoms with E-state index in [9.17, 15) is 0 Å². The molecule has 0 unspecified atom stereocenters. The molecule has 0 aliphatic rings. The zero-order valence-electron chi connectivity index (χ0n) is 9.40. The SMILES string of the molecule is C=c1ccc(=C(C)c2ccc(N)cc2)cc1. The van der Waals surface area contributed by atoms with Crippen LogP contribution >= 0.6 is 0 Å². The topological polar surface area (TPSA) is 26.0 Å². The van der Waals surface area contributed by atoms with Crippen LogP contribution in [0.5, 0.6) is 0 Å². The maximum absolute atomic E-state index is 5.67. The Hall–Kier alpha value is -2.02. The molecule has 1 heteroatoms. The number of nitrogens with two attached hydrogens (primary N) is 1. The van der Waals surface area contributed by atoms with Crippen LogP contribution in [0, 0.1) is 0 Å². The summed E-state index contributed by atoms with van der Waals surface area (Å²) in [6, 6.07) is 16.2. The van der Waals surface area contributed by atoms with Gasteiger partial charge < -0.3 is 5.73 Å². The van der Waals surface area contributed by atoms with Crippen molar-refractivity contribution >= 4 is 17.8 Å². The lowest BCUT2D eigenvalue weighted by molar-refractivity contribution is 1.47. The molecule has 0 bridgehead atoms. The van der Waals surface area contributed by atoms with E-state index in [0.29, 0.717) is 0 Å². The molecule has 0 amide bonds. The second kappa shape index (κ2) is 4.23. The Morgan fingerprint density at radius 3 is 2.06 bits per heavy atom. The van der Waals surface area contributed by atoms with E-state index in [1.54, 1.807) is 0 Å². The van der Waals surface area contributed by atoms with E-state index in [1.807, 2.05) is 36.4 Å². The fourth-order valence-corrected chi connectivity index (χ4v) is 1.65. The van der Waals surface area contributed by atoms with Crippen molar-refractivity contribution in [3.63, 3.8) is 0 Å². The van der Waals surface area contributed by atoms with Gasteiger partial charge >= 0.3 is 0 Å². The number of hydrogen-bond acceptors (Lipinski definition) is 1. The first-order chi connectivity index (χ1) is 7.66. The predicted molar refractivity (Wildman–Crippen MR) is 70.3 cm³/mol. The molecule has 16 heavy (non-hydrogen) atoms. The predicted octanol–water partition coefficient (Wildman–Crippen LogP) is 1.90. The Morgan fingerprint density at radius 1 is 0.938 bits per heavy atom. The average Bonchev–Trinajstić information content (AvgIpc) is 2.30. The van der Waals surface area contributed by atoms with Gasteiger partial charge in [0, 0.05) is 5.69 Å². The molecule has 2 N–H and O–H groups in total. The van der Waals surface area contributed by atoms with Crippen molar-refractivity contribution in [3.8, 4) is 0 Å². The third-order valence-electron chi connectivity index (χ3n) is 2.73. The minimum Gasteiger partial charge on any atom is -0.399 e. The molecule has 0 aliphatic carbocycles. The minimum absolute atomic E-state index is 0.796. The quantitative estimate of drug-likeness (QED) is 0.713. The van der Waals surface area contributed by atoms with E-state index in [-0.39, 0.29) is 0 Å². The fourth-order valence-electron chi connectivity index (χ4n) is 1.65. The summed E-state index contributed by atoms with van der Waals surface area (Å²) < 4.78 is 0. The molecule has 0 aromatic heterocycles. The molecule has 0 fully saturated rings. The van der Waals surface area contributed by atoms with Crippen molar-refractivity contribution in [3.05, 3.63) is 64.5 Å². The van der Waals surface area contributed by atoms with Gasteiger partial charge in [0.1, 0.15) is 0 Å². The fraction of sp³-hybridized carbons (Fsp3) is 0.0667. The van der Waals surface area contributed by atoms with Crippen LogP contribution in [0.2, 0.25) is 0 Å². The summed E-state index contributed by atoms with van der Waals surface area (Å²) in [6.45, 7) is 5.99. The van der Waals surface area contributed by atoms with E-state index in [0.717, 1.165) is 10.9 Å². The highest BCUT2D eigenvalue weighted by atomic mass is 14.5. The van der Waals surface area contributed by atoms with Crippen LogP contribution in [0.4, 0.5) is 5.69 Å². The molecule has 0 heterocycles. The summed E-state index contributed by atoms with van der Waals surface area (Å²) in [5, 5.41) is 2.26. The van der Waals surface area contributed by atoms with E-state index < -0.39 is 0 Å². The standard InChI is InChI=1S/C15H15N/c1-11-3-5-13(6-4-11)12(2)14-7-9-15(16)10-8-14/h3-10H,1,16H2,2H3. The molecule has 0 atom stereocenters. The first-order valence-corrected chi connectivity index (χ1v) is 5.28. The van der Waals surface area contributed by atoms with Crippen LogP contribution in [0.25, 0.3) is 12.2 Å². The van der Waals surface area contributed by atoms with Crippen LogP contribution in [0.1, 0.15) is 12.5 Å². The number of anilines is 1. The monoisotopic (exact) mass is 209 g/mol. The van der Waals surface area contributed by atoms with E-state index in [2.05, 4.69) is 25.6 Å². The van der Waals surface area contributed by atoms with Crippen LogP contribution in [0.3, 0.4) is 0 Å². The summed E-state index contributed by atoms with van der Waals surface area (Å²) in [7, 11) is 0. The largest absolute Gasteiger partial charge is 0.399 e. The van der Waals surface area contributed by atoms with Crippen LogP contribution in [-0.4, -0.2) is 0 Å². The van der Waals surface area contributed by atoms with E-state index in [1.165, 1.54) is 16.4 Å². The molecule has 0 radical (unpaired) electrons. The lowest BCUT2D eigenvalue weighted by Gasteiger charge is -2.02. The third-order valence-corrected chi connectivity index (χ3v) is 2.73. The molecule has 2 rings (SSSR count). The van der Waals surface area contributed by atoms with Gasteiger partial charge in [-0.2, -0.15) is 0 Å². The van der Waals surface area contributed by atoms with Crippen LogP contribution in [0.15, 0.2) is 48.5 Å². The van der Waals surface area contributed by atoms with Gasteiger partial charge in [0.15, 0.2) is 0 Å². The number of rotatable bonds is 1. The van der Waals surface area contributed by atoms with E-state index in [4.69, 9.17) is 5.73 Å². The van der Waals surface area contributed by atoms with Gasteiger partial charge in [-0.1, -0.05) is 43.0 Å². The molecular weight excluding hydrogens is 194 g/mol. The number of hydrogen-bond donors (Lipinski definition) is 1. The summed E-state index contributed by atoms with van der Waals surface area (Å²) in [5.74, 6) is 0. The molecule has 1 nitrogen and oxygen atoms in total. The molecule has 0 saturated heterocycles. The highest BCUT2D eigenvalue weighted by Gasteiger charge is 1.95. The van der Waals surface area contributed by atoms with Gasteiger partial charge in [-0.05, 0) is 40.6 Å². The Labute approximate surface area is 95.5 Å². The maximum Gasteiger partial charge on any atom is 0.0314 e. The van der Waals surface area contributed by atoms with Crippen LogP contribution < -0.4 is 16.2 Å². The highest BCUT2D eigenvalue weighted by molar-refractivity contribution is 5.64. The number of benzene rings is 2. The lowest BCUT2D eigenvalue weighted by Crippen LogP contribution is -2.08. The Kier molecular flexibility index (Phi) is 2.78. The van der Waals surface area contributed by atoms with Crippen molar-refractivity contribution in [2.45, 2.75) is 6.92 Å². The second-order valence-corrected chi connectivity index (χ2v) is 3.94. The second-order valence-electron chi connectivity index (χ2n) is 3.94. The minimum atomic E-state index is 0.796. The highest BCUT2D eigenvalue weighted by Crippen LogP contribution is 2.12. The van der Waals surface area contributed by atoms with Crippen molar-refractivity contribution < 1.29 is 0 Å². The molecule has 2 aromatic rings. The van der Waals surface area contributed by atoms with Gasteiger partial charge in [0.2, 0.25) is 0 Å². The molecule has 2 aromatic carbocycles. The van der Waals surface area contributed by atoms with Crippen molar-refractivity contribution in [2.75, 3.05) is 5.73 Å². The molecule has 0 aliphatic heterocycles. The lowest BCUT2D eigenvalue weighted by atomic mass is 10.0. The van der Waals surface area contributed by atoms with E-state index >= 15 is 0 Å². The van der Waals surface area contributed by atoms with Gasteiger partial charge in [-0.15, -0.1) is 0 Å². The van der Waals surface area contributed by atoms with Crippen molar-refractivity contribution in [1.82, 2.24) is 0 Å². The summed E-state index contributed by atoms with van der Waals surface area (Å²) in [4.78, 5) is 0. The molecule has 0 saturated carbocycles. The van der Waals surface area contributed by atoms with Gasteiger partial charge in [0.05, 0.1) is 0 Å². The molecule has 0 spiro atoms. The number of nitrogen functional groups attached to an aromatic ring is 1. The van der Waals surface area contributed by atoms with Crippen molar-refractivity contribution in [2.24, 2.45) is 0 Å². The Morgan fingerprint density at radius 2 is 1.50 bits per heavy atom.